The maximum Gasteiger partial charge on any atom is 0.227 e. The molecule has 0 saturated carbocycles. The van der Waals surface area contributed by atoms with Crippen LogP contribution in [-0.2, 0) is 26.1 Å². The zero-order valence-corrected chi connectivity index (χ0v) is 32.7. The SMILES string of the molecule is C#C/C(=C\C(=C/C)n1cccc1)CN1C(=O)CC2=C/C(=C\C(C)(C)c3c(cc(OC)cc3OC)C2)C12CCN(CC1=CC(OC)C(C)C(OC)=C1)CC2. The fraction of sp³-hybridized carbons (Fsp3) is 0.444. The van der Waals surface area contributed by atoms with E-state index in [1.165, 1.54) is 11.1 Å². The Bertz CT molecular complexity index is 1930. The van der Waals surface area contributed by atoms with E-state index in [0.717, 1.165) is 77.7 Å². The van der Waals surface area contributed by atoms with Gasteiger partial charge in [-0.1, -0.05) is 56.6 Å². The monoisotopic (exact) mass is 717 g/mol. The number of hydrogen-bond donors (Lipinski definition) is 0. The number of allylic oxidation sites excluding steroid dienone is 4. The Morgan fingerprint density at radius 2 is 1.75 bits per heavy atom. The van der Waals surface area contributed by atoms with Gasteiger partial charge in [-0.15, -0.1) is 6.42 Å². The topological polar surface area (TPSA) is 65.4 Å². The molecule has 280 valence electrons. The number of likely N-dealkylation sites (tertiary alicyclic amines) is 1. The number of terminal acetylenes is 1. The van der Waals surface area contributed by atoms with Crippen LogP contribution in [-0.4, -0.2) is 86.5 Å². The molecule has 2 aliphatic carbocycles. The van der Waals surface area contributed by atoms with Gasteiger partial charge in [0.25, 0.3) is 0 Å². The average molecular weight is 718 g/mol. The summed E-state index contributed by atoms with van der Waals surface area (Å²) >= 11 is 0. The lowest BCUT2D eigenvalue weighted by atomic mass is 9.71. The minimum atomic E-state index is -0.568. The number of fused-ring (bicyclic) bond motifs is 3. The van der Waals surface area contributed by atoms with Gasteiger partial charge in [0.2, 0.25) is 5.91 Å². The van der Waals surface area contributed by atoms with Gasteiger partial charge in [0.05, 0.1) is 39.5 Å². The number of aromatic nitrogens is 1. The Morgan fingerprint density at radius 3 is 2.38 bits per heavy atom. The third-order valence-electron chi connectivity index (χ3n) is 11.6. The molecule has 3 heterocycles. The summed E-state index contributed by atoms with van der Waals surface area (Å²) < 4.78 is 25.3. The van der Waals surface area contributed by atoms with Crippen molar-refractivity contribution in [1.82, 2.24) is 14.4 Å². The lowest BCUT2D eigenvalue weighted by Gasteiger charge is -2.50. The van der Waals surface area contributed by atoms with E-state index in [1.807, 2.05) is 54.2 Å². The van der Waals surface area contributed by atoms with E-state index in [9.17, 15) is 4.79 Å². The van der Waals surface area contributed by atoms with Crippen molar-refractivity contribution in [1.29, 1.82) is 0 Å². The fourth-order valence-electron chi connectivity index (χ4n) is 8.81. The summed E-state index contributed by atoms with van der Waals surface area (Å²) in [6, 6.07) is 8.05. The van der Waals surface area contributed by atoms with Gasteiger partial charge in [0.15, 0.2) is 0 Å². The molecule has 2 unspecified atom stereocenters. The van der Waals surface area contributed by atoms with Crippen LogP contribution in [0.25, 0.3) is 5.70 Å². The van der Waals surface area contributed by atoms with E-state index < -0.39 is 11.0 Å². The van der Waals surface area contributed by atoms with Crippen molar-refractivity contribution in [2.45, 2.75) is 70.4 Å². The van der Waals surface area contributed by atoms with Crippen LogP contribution in [0, 0.1) is 18.3 Å². The second-order valence-corrected chi connectivity index (χ2v) is 15.2. The minimum absolute atomic E-state index is 0.0377. The molecule has 2 bridgehead atoms. The van der Waals surface area contributed by atoms with Crippen molar-refractivity contribution in [3.05, 3.63) is 112 Å². The number of piperidine rings is 1. The first-order valence-corrected chi connectivity index (χ1v) is 18.7. The van der Waals surface area contributed by atoms with Crippen molar-refractivity contribution in [2.24, 2.45) is 5.92 Å². The molecule has 0 radical (unpaired) electrons. The van der Waals surface area contributed by atoms with Crippen molar-refractivity contribution in [3.8, 4) is 23.8 Å². The molecule has 1 saturated heterocycles. The molecule has 1 amide bonds. The maximum absolute atomic E-state index is 14.8. The predicted molar refractivity (Wildman–Crippen MR) is 212 cm³/mol. The van der Waals surface area contributed by atoms with E-state index in [2.05, 4.69) is 66.9 Å². The van der Waals surface area contributed by atoms with Crippen LogP contribution in [0.2, 0.25) is 0 Å². The van der Waals surface area contributed by atoms with Crippen molar-refractivity contribution in [2.75, 3.05) is 54.6 Å². The van der Waals surface area contributed by atoms with Gasteiger partial charge in [-0.3, -0.25) is 9.69 Å². The number of rotatable bonds is 10. The van der Waals surface area contributed by atoms with Crippen LogP contribution in [0.1, 0.15) is 58.1 Å². The molecule has 2 aliphatic heterocycles. The largest absolute Gasteiger partial charge is 0.501 e. The zero-order valence-electron chi connectivity index (χ0n) is 32.7. The quantitative estimate of drug-likeness (QED) is 0.188. The van der Waals surface area contributed by atoms with Gasteiger partial charge in [0.1, 0.15) is 17.3 Å². The highest BCUT2D eigenvalue weighted by atomic mass is 16.5. The summed E-state index contributed by atoms with van der Waals surface area (Å²) in [5.74, 6) is 5.68. The van der Waals surface area contributed by atoms with Crippen LogP contribution >= 0.6 is 0 Å². The van der Waals surface area contributed by atoms with Gasteiger partial charge in [-0.2, -0.15) is 0 Å². The summed E-state index contributed by atoms with van der Waals surface area (Å²) in [5.41, 5.74) is 6.42. The highest BCUT2D eigenvalue weighted by Crippen LogP contribution is 2.48. The van der Waals surface area contributed by atoms with E-state index in [4.69, 9.17) is 25.4 Å². The van der Waals surface area contributed by atoms with Gasteiger partial charge in [-0.25, -0.2) is 0 Å². The standard InChI is InChI=1S/C45H55N3O5/c1-10-32(22-37(11-2)47-16-12-13-17-47)30-48-42(49)25-33-20-35-26-38(50-6)27-41(53-9)43(35)44(4,5)28-36(21-33)45(48)14-18-46(19-15-45)29-34-23-39(51-7)31(3)40(24-34)52-8/h1,11-13,16-17,21-24,26-28,31,39H,14-15,18-20,25,29-30H2,2-9H3/b32-22+,36-28+,37-11+. The first kappa shape index (κ1) is 38.0. The molecule has 2 atom stereocenters. The smallest absolute Gasteiger partial charge is 0.227 e. The van der Waals surface area contributed by atoms with Crippen LogP contribution in [0.15, 0.2) is 101 Å². The number of methoxy groups -OCH3 is 4. The van der Waals surface area contributed by atoms with Crippen molar-refractivity contribution in [3.63, 3.8) is 0 Å². The van der Waals surface area contributed by atoms with Crippen molar-refractivity contribution >= 4 is 11.6 Å². The Morgan fingerprint density at radius 1 is 1.02 bits per heavy atom. The third-order valence-corrected chi connectivity index (χ3v) is 11.6. The summed E-state index contributed by atoms with van der Waals surface area (Å²) in [6.45, 7) is 11.4. The Hall–Kier alpha value is -4.71. The van der Waals surface area contributed by atoms with Gasteiger partial charge >= 0.3 is 0 Å². The Labute approximate surface area is 316 Å². The lowest BCUT2D eigenvalue weighted by Crippen LogP contribution is -2.58. The van der Waals surface area contributed by atoms with Crippen LogP contribution in [0.3, 0.4) is 0 Å². The molecule has 1 aromatic heterocycles. The molecule has 6 rings (SSSR count). The van der Waals surface area contributed by atoms with E-state index >= 15 is 0 Å². The van der Waals surface area contributed by atoms with Crippen LogP contribution < -0.4 is 9.47 Å². The average Bonchev–Trinajstić information content (AvgIpc) is 3.67. The molecule has 0 N–H and O–H groups in total. The first-order chi connectivity index (χ1) is 25.5. The first-order valence-electron chi connectivity index (χ1n) is 18.7. The minimum Gasteiger partial charge on any atom is -0.501 e. The van der Waals surface area contributed by atoms with E-state index in [-0.39, 0.29) is 17.9 Å². The number of ether oxygens (including phenoxy) is 4. The summed E-state index contributed by atoms with van der Waals surface area (Å²) in [4.78, 5) is 19.4. The van der Waals surface area contributed by atoms with Gasteiger partial charge in [0, 0.05) is 79.8 Å². The molecule has 1 fully saturated rings. The Kier molecular flexibility index (Phi) is 11.3. The lowest BCUT2D eigenvalue weighted by molar-refractivity contribution is -0.136. The van der Waals surface area contributed by atoms with Gasteiger partial charge in [-0.05, 0) is 73.2 Å². The van der Waals surface area contributed by atoms with E-state index in [1.54, 1.807) is 28.4 Å². The molecule has 53 heavy (non-hydrogen) atoms. The number of amides is 1. The molecular weight excluding hydrogens is 663 g/mol. The van der Waals surface area contributed by atoms with E-state index in [0.29, 0.717) is 19.4 Å². The fourth-order valence-corrected chi connectivity index (χ4v) is 8.81. The second-order valence-electron chi connectivity index (χ2n) is 15.2. The van der Waals surface area contributed by atoms with Crippen LogP contribution in [0.4, 0.5) is 0 Å². The van der Waals surface area contributed by atoms with Crippen molar-refractivity contribution < 1.29 is 23.7 Å². The molecule has 2 aromatic rings. The molecule has 1 spiro atoms. The Balaban J connectivity index is 1.42. The zero-order chi connectivity index (χ0) is 37.9. The number of carbonyl (C=O) groups excluding carboxylic acids is 1. The number of carbonyl (C=O) groups is 1. The molecular formula is C45H55N3O5. The summed E-state index contributed by atoms with van der Waals surface area (Å²) in [6.07, 6.45) is 25.9. The second kappa shape index (κ2) is 15.7. The third kappa shape index (κ3) is 7.56. The van der Waals surface area contributed by atoms with Gasteiger partial charge < -0.3 is 28.4 Å². The normalized spacial score (nSPS) is 24.0. The molecule has 8 heteroatoms. The highest BCUT2D eigenvalue weighted by molar-refractivity contribution is 5.83. The molecule has 4 aliphatic rings. The maximum atomic E-state index is 14.8. The predicted octanol–water partition coefficient (Wildman–Crippen LogP) is 7.50. The highest BCUT2D eigenvalue weighted by Gasteiger charge is 2.48. The number of hydrogen-bond acceptors (Lipinski definition) is 6. The van der Waals surface area contributed by atoms with Crippen LogP contribution in [0.5, 0.6) is 11.5 Å². The molecule has 1 aromatic carbocycles. The summed E-state index contributed by atoms with van der Waals surface area (Å²) in [5, 5.41) is 0. The number of nitrogens with zero attached hydrogens (tertiary/aromatic N) is 3. The number of benzene rings is 1. The summed E-state index contributed by atoms with van der Waals surface area (Å²) in [7, 11) is 6.88. The molecule has 8 nitrogen and oxygen atoms in total.